The number of nitrogens with zero attached hydrogens (tertiary/aromatic N) is 3. The zero-order valence-electron chi connectivity index (χ0n) is 26.6. The number of rotatable bonds is 4. The number of aromatic nitrogens is 3. The van der Waals surface area contributed by atoms with Gasteiger partial charge in [-0.15, -0.1) is 0 Å². The van der Waals surface area contributed by atoms with Crippen LogP contribution in [-0.2, 0) is 0 Å². The predicted molar refractivity (Wildman–Crippen MR) is 205 cm³/mol. The maximum atomic E-state index is 5.40. The van der Waals surface area contributed by atoms with Crippen LogP contribution in [0.15, 0.2) is 176 Å². The first kappa shape index (κ1) is 27.5. The van der Waals surface area contributed by atoms with Gasteiger partial charge in [0.1, 0.15) is 0 Å². The van der Waals surface area contributed by atoms with E-state index in [9.17, 15) is 0 Å². The molecule has 8 aromatic carbocycles. The SMILES string of the molecule is c1ccc(-c2ccc3c4c5ccccc5ccc4n(-c4nc(-c5ccc(-c6cccc7ccccc67)cc5)c5ccccc5n4)c3c2)cc1. The van der Waals surface area contributed by atoms with Gasteiger partial charge in [0.25, 0.3) is 0 Å². The fourth-order valence-electron chi connectivity index (χ4n) is 7.48. The quantitative estimate of drug-likeness (QED) is 0.195. The Kier molecular flexibility index (Phi) is 6.18. The summed E-state index contributed by atoms with van der Waals surface area (Å²) in [5.41, 5.74) is 9.80. The molecule has 3 nitrogen and oxygen atoms in total. The van der Waals surface area contributed by atoms with Crippen molar-refractivity contribution in [2.24, 2.45) is 0 Å². The Labute approximate surface area is 283 Å². The highest BCUT2D eigenvalue weighted by molar-refractivity contribution is 6.21. The highest BCUT2D eigenvalue weighted by Crippen LogP contribution is 2.39. The lowest BCUT2D eigenvalue weighted by molar-refractivity contribution is 1.01. The summed E-state index contributed by atoms with van der Waals surface area (Å²) in [5.74, 6) is 0.660. The molecular weight excluding hydrogens is 595 g/mol. The lowest BCUT2D eigenvalue weighted by Crippen LogP contribution is -2.03. The molecule has 10 rings (SSSR count). The van der Waals surface area contributed by atoms with Crippen LogP contribution in [0.2, 0.25) is 0 Å². The third-order valence-electron chi connectivity index (χ3n) is 9.81. The molecule has 0 fully saturated rings. The molecule has 0 saturated heterocycles. The summed E-state index contributed by atoms with van der Waals surface area (Å²) in [5, 5.41) is 8.36. The van der Waals surface area contributed by atoms with E-state index < -0.39 is 0 Å². The zero-order chi connectivity index (χ0) is 32.3. The van der Waals surface area contributed by atoms with Crippen molar-refractivity contribution in [3.8, 4) is 39.5 Å². The van der Waals surface area contributed by atoms with Crippen molar-refractivity contribution >= 4 is 54.3 Å². The van der Waals surface area contributed by atoms with Gasteiger partial charge in [0.15, 0.2) is 0 Å². The van der Waals surface area contributed by atoms with E-state index in [4.69, 9.17) is 9.97 Å². The van der Waals surface area contributed by atoms with Crippen molar-refractivity contribution in [3.63, 3.8) is 0 Å². The molecule has 0 N–H and O–H groups in total. The summed E-state index contributed by atoms with van der Waals surface area (Å²) in [6.45, 7) is 0. The molecule has 0 unspecified atom stereocenters. The van der Waals surface area contributed by atoms with Crippen LogP contribution in [0.1, 0.15) is 0 Å². The van der Waals surface area contributed by atoms with Crippen LogP contribution in [0.5, 0.6) is 0 Å². The van der Waals surface area contributed by atoms with Crippen LogP contribution in [0.3, 0.4) is 0 Å². The second-order valence-electron chi connectivity index (χ2n) is 12.6. The number of para-hydroxylation sites is 1. The lowest BCUT2D eigenvalue weighted by atomic mass is 9.96. The highest BCUT2D eigenvalue weighted by Gasteiger charge is 2.19. The summed E-state index contributed by atoms with van der Waals surface area (Å²) >= 11 is 0. The van der Waals surface area contributed by atoms with E-state index in [1.54, 1.807) is 0 Å². The molecule has 0 aliphatic heterocycles. The molecule has 0 bridgehead atoms. The third-order valence-corrected chi connectivity index (χ3v) is 9.81. The van der Waals surface area contributed by atoms with Gasteiger partial charge >= 0.3 is 0 Å². The maximum absolute atomic E-state index is 5.40. The molecule has 2 aromatic heterocycles. The summed E-state index contributed by atoms with van der Waals surface area (Å²) in [6.07, 6.45) is 0. The number of hydrogen-bond donors (Lipinski definition) is 0. The van der Waals surface area contributed by atoms with Crippen LogP contribution < -0.4 is 0 Å². The largest absolute Gasteiger partial charge is 0.278 e. The average molecular weight is 624 g/mol. The van der Waals surface area contributed by atoms with Gasteiger partial charge in [-0.3, -0.25) is 4.57 Å². The minimum Gasteiger partial charge on any atom is -0.278 e. The number of benzene rings is 8. The zero-order valence-corrected chi connectivity index (χ0v) is 26.6. The van der Waals surface area contributed by atoms with Crippen LogP contribution in [0.25, 0.3) is 93.7 Å². The van der Waals surface area contributed by atoms with Gasteiger partial charge < -0.3 is 0 Å². The first-order valence-electron chi connectivity index (χ1n) is 16.7. The van der Waals surface area contributed by atoms with Crippen LogP contribution in [-0.4, -0.2) is 14.5 Å². The van der Waals surface area contributed by atoms with E-state index in [1.807, 2.05) is 0 Å². The molecule has 3 heteroatoms. The van der Waals surface area contributed by atoms with Crippen molar-refractivity contribution in [2.75, 3.05) is 0 Å². The molecule has 0 atom stereocenters. The minimum absolute atomic E-state index is 0.660. The van der Waals surface area contributed by atoms with Crippen LogP contribution in [0, 0.1) is 0 Å². The predicted octanol–water partition coefficient (Wildman–Crippen LogP) is 12.0. The van der Waals surface area contributed by atoms with Crippen LogP contribution >= 0.6 is 0 Å². The lowest BCUT2D eigenvalue weighted by Gasteiger charge is -2.13. The Morgan fingerprint density at radius 3 is 1.86 bits per heavy atom. The summed E-state index contributed by atoms with van der Waals surface area (Å²) in [7, 11) is 0. The monoisotopic (exact) mass is 623 g/mol. The fraction of sp³-hybridized carbons (Fsp3) is 0. The van der Waals surface area contributed by atoms with Gasteiger partial charge in [0.05, 0.1) is 22.2 Å². The van der Waals surface area contributed by atoms with Crippen molar-refractivity contribution in [3.05, 3.63) is 176 Å². The Balaban J connectivity index is 1.22. The van der Waals surface area contributed by atoms with Gasteiger partial charge in [-0.25, -0.2) is 9.97 Å². The van der Waals surface area contributed by atoms with Crippen LogP contribution in [0.4, 0.5) is 0 Å². The van der Waals surface area contributed by atoms with E-state index in [0.29, 0.717) is 5.95 Å². The van der Waals surface area contributed by atoms with E-state index in [1.165, 1.54) is 49.0 Å². The molecule has 0 amide bonds. The smallest absolute Gasteiger partial charge is 0.235 e. The van der Waals surface area contributed by atoms with Gasteiger partial charge in [-0.05, 0) is 62.0 Å². The van der Waals surface area contributed by atoms with E-state index in [0.717, 1.165) is 38.8 Å². The fourth-order valence-corrected chi connectivity index (χ4v) is 7.48. The van der Waals surface area contributed by atoms with Gasteiger partial charge in [0, 0.05) is 21.7 Å². The molecule has 228 valence electrons. The van der Waals surface area contributed by atoms with Crippen molar-refractivity contribution in [1.82, 2.24) is 14.5 Å². The Bertz CT molecular complexity index is 2860. The second-order valence-corrected chi connectivity index (χ2v) is 12.6. The first-order chi connectivity index (χ1) is 24.3. The summed E-state index contributed by atoms with van der Waals surface area (Å²) < 4.78 is 2.25. The minimum atomic E-state index is 0.660. The molecule has 0 aliphatic carbocycles. The normalized spacial score (nSPS) is 11.7. The average Bonchev–Trinajstić information content (AvgIpc) is 3.52. The highest BCUT2D eigenvalue weighted by atomic mass is 15.2. The van der Waals surface area contributed by atoms with Crippen molar-refractivity contribution in [1.29, 1.82) is 0 Å². The number of fused-ring (bicyclic) bond motifs is 7. The van der Waals surface area contributed by atoms with Gasteiger partial charge in [-0.1, -0.05) is 158 Å². The van der Waals surface area contributed by atoms with Crippen molar-refractivity contribution in [2.45, 2.75) is 0 Å². The maximum Gasteiger partial charge on any atom is 0.235 e. The molecule has 0 saturated carbocycles. The Morgan fingerprint density at radius 1 is 0.367 bits per heavy atom. The molecule has 2 heterocycles. The second kappa shape index (κ2) is 11.0. The Hall–Kier alpha value is -6.58. The van der Waals surface area contributed by atoms with Crippen molar-refractivity contribution < 1.29 is 0 Å². The molecule has 10 aromatic rings. The Morgan fingerprint density at radius 2 is 1.02 bits per heavy atom. The standard InChI is InChI=1S/C46H29N3/c1-2-11-30(12-3-1)35-25-27-40-43(29-35)49(42-28-26-32-14-5-7-17-38(32)44(40)42)46-47-41-20-9-8-18-39(41)45(48-46)34-23-21-33(22-24-34)37-19-10-15-31-13-4-6-16-36(31)37/h1-29H. The molecular formula is C46H29N3. The van der Waals surface area contributed by atoms with E-state index in [-0.39, 0.29) is 0 Å². The topological polar surface area (TPSA) is 30.7 Å². The van der Waals surface area contributed by atoms with Gasteiger partial charge in [-0.2, -0.15) is 0 Å². The van der Waals surface area contributed by atoms with E-state index in [2.05, 4.69) is 180 Å². The molecule has 0 aliphatic rings. The molecule has 0 radical (unpaired) electrons. The van der Waals surface area contributed by atoms with Gasteiger partial charge in [0.2, 0.25) is 5.95 Å². The first-order valence-corrected chi connectivity index (χ1v) is 16.7. The summed E-state index contributed by atoms with van der Waals surface area (Å²) in [4.78, 5) is 10.6. The third kappa shape index (κ3) is 4.44. The van der Waals surface area contributed by atoms with E-state index >= 15 is 0 Å². The summed E-state index contributed by atoms with van der Waals surface area (Å²) in [6, 6.07) is 62.6. The molecule has 49 heavy (non-hydrogen) atoms. The number of hydrogen-bond acceptors (Lipinski definition) is 2. The molecule has 0 spiro atoms.